The summed E-state index contributed by atoms with van der Waals surface area (Å²) in [5, 5.41) is 7.81. The van der Waals surface area contributed by atoms with E-state index in [0.717, 1.165) is 45.6 Å². The van der Waals surface area contributed by atoms with Gasteiger partial charge in [-0.3, -0.25) is 0 Å². The molecule has 2 aliphatic carbocycles. The van der Waals surface area contributed by atoms with E-state index in [2.05, 4.69) is 177 Å². The van der Waals surface area contributed by atoms with Crippen molar-refractivity contribution in [3.63, 3.8) is 0 Å². The van der Waals surface area contributed by atoms with E-state index in [0.29, 0.717) is 0 Å². The number of hydrogen-bond acceptors (Lipinski definition) is 5. The monoisotopic (exact) mass is 768 g/mol. The number of benzene rings is 1. The molecule has 4 rings (SSSR count). The summed E-state index contributed by atoms with van der Waals surface area (Å²) in [5.41, 5.74) is 16.4. The van der Waals surface area contributed by atoms with Crippen molar-refractivity contribution in [2.75, 3.05) is 12.0 Å². The molecule has 4 nitrogen and oxygen atoms in total. The van der Waals surface area contributed by atoms with E-state index >= 15 is 0 Å². The number of terminal acetylenes is 2. The predicted octanol–water partition coefficient (Wildman–Crippen LogP) is 12.5. The summed E-state index contributed by atoms with van der Waals surface area (Å²) in [7, 11) is 0.669. The highest BCUT2D eigenvalue weighted by molar-refractivity contribution is 8.07. The second-order valence-corrected chi connectivity index (χ2v) is 12.5. The molecule has 1 aromatic carbocycles. The van der Waals surface area contributed by atoms with Crippen LogP contribution >= 0.6 is 20.6 Å². The molecule has 1 aromatic rings. The van der Waals surface area contributed by atoms with Crippen LogP contribution in [0.4, 0.5) is 5.69 Å². The Balaban J connectivity index is 0.00000342. The average molecular weight is 769 g/mol. The molecule has 286 valence electrons. The molecule has 6 heteroatoms. The molecule has 2 N–H and O–H groups in total. The number of aliphatic hydroxyl groups excluding tert-OH is 1. The summed E-state index contributed by atoms with van der Waals surface area (Å²) in [6.07, 6.45) is 54.2. The standard InChI is InChI=1S/C42H43N2OPS.C2H6.2C2H2.CH4O/c1-6-10-21-35(8-3)43(37-22-14-11-12-15-23-37)30-18-20-33(5)41-31-40(46-45)32-42(47-41)34-26-28-39(29-27-34)44(36(9-4)19-7-2)38-24-16-13-17-25-38;4*1-2/h6-9,11,13-28,30,32,39,45-46H,29H2,1-5H3;1-2H3;2*1-2H;2H,1H3/b19-7-,30-18+,33-20+,35-8+,36-9+;;;;. The maximum Gasteiger partial charge on any atom is 0.0577 e. The minimum Gasteiger partial charge on any atom is -0.400 e. The van der Waals surface area contributed by atoms with Gasteiger partial charge >= 0.3 is 0 Å². The molecule has 0 bridgehead atoms. The molecular formula is C49H57N2O2PS. The first-order valence-electron chi connectivity index (χ1n) is 17.9. The van der Waals surface area contributed by atoms with Gasteiger partial charge in [-0.1, -0.05) is 98.1 Å². The Morgan fingerprint density at radius 1 is 0.982 bits per heavy atom. The van der Waals surface area contributed by atoms with Crippen LogP contribution in [0.5, 0.6) is 0 Å². The zero-order valence-corrected chi connectivity index (χ0v) is 35.4. The lowest BCUT2D eigenvalue weighted by Crippen LogP contribution is -2.33. The summed E-state index contributed by atoms with van der Waals surface area (Å²) >= 11 is 1.70. The molecule has 0 spiro atoms. The number of aliphatic hydroxyl groups is 1. The Morgan fingerprint density at radius 3 is 2.25 bits per heavy atom. The van der Waals surface area contributed by atoms with E-state index in [1.807, 2.05) is 64.2 Å². The third kappa shape index (κ3) is 16.2. The highest BCUT2D eigenvalue weighted by Crippen LogP contribution is 2.42. The van der Waals surface area contributed by atoms with Crippen LogP contribution in [-0.2, 0) is 0 Å². The molecule has 2 unspecified atom stereocenters. The van der Waals surface area contributed by atoms with Crippen molar-refractivity contribution in [1.82, 2.24) is 4.90 Å². The highest BCUT2D eigenvalue weighted by Gasteiger charge is 2.22. The second-order valence-electron chi connectivity index (χ2n) is 10.7. The minimum absolute atomic E-state index is 0.187. The third-order valence-corrected chi connectivity index (χ3v) is 9.21. The van der Waals surface area contributed by atoms with Crippen molar-refractivity contribution in [2.45, 2.75) is 60.9 Å². The van der Waals surface area contributed by atoms with E-state index < -0.39 is 0 Å². The molecular weight excluding hydrogens is 712 g/mol. The van der Waals surface area contributed by atoms with Crippen LogP contribution in [0.2, 0.25) is 0 Å². The molecule has 0 fully saturated rings. The molecule has 0 saturated heterocycles. The van der Waals surface area contributed by atoms with Crippen molar-refractivity contribution in [3.8, 4) is 25.7 Å². The fraction of sp³-hybridized carbons (Fsp3) is 0.204. The van der Waals surface area contributed by atoms with Gasteiger partial charge in [0.15, 0.2) is 0 Å². The quantitative estimate of drug-likeness (QED) is 0.0960. The van der Waals surface area contributed by atoms with Gasteiger partial charge < -0.3 is 19.8 Å². The van der Waals surface area contributed by atoms with Crippen molar-refractivity contribution in [3.05, 3.63) is 200 Å². The number of thioether (sulfide) groups is 1. The van der Waals surface area contributed by atoms with Crippen molar-refractivity contribution < 1.29 is 10.00 Å². The fourth-order valence-corrected chi connectivity index (χ4v) is 6.81. The normalized spacial score (nSPS) is 16.1. The number of rotatable bonds is 12. The smallest absolute Gasteiger partial charge is 0.0577 e. The first-order chi connectivity index (χ1) is 27.0. The maximum absolute atomic E-state index is 10.2. The van der Waals surface area contributed by atoms with E-state index in [9.17, 15) is 4.89 Å². The molecule has 2 atom stereocenters. The Labute approximate surface area is 338 Å². The van der Waals surface area contributed by atoms with E-state index in [4.69, 9.17) is 5.11 Å². The summed E-state index contributed by atoms with van der Waals surface area (Å²) in [4.78, 5) is 16.8. The van der Waals surface area contributed by atoms with Crippen LogP contribution < -0.4 is 4.90 Å². The lowest BCUT2D eigenvalue weighted by Gasteiger charge is -2.34. The number of nitrogens with zero attached hydrogens (tertiary/aromatic N) is 2. The minimum atomic E-state index is -0.331. The van der Waals surface area contributed by atoms with Crippen molar-refractivity contribution in [2.24, 2.45) is 0 Å². The average Bonchev–Trinajstić information content (AvgIpc) is 3.56. The Hall–Kier alpha value is -5.40. The largest absolute Gasteiger partial charge is 0.400 e. The predicted molar refractivity (Wildman–Crippen MR) is 246 cm³/mol. The van der Waals surface area contributed by atoms with E-state index in [1.54, 1.807) is 11.8 Å². The molecule has 0 saturated carbocycles. The van der Waals surface area contributed by atoms with Gasteiger partial charge in [0.1, 0.15) is 0 Å². The van der Waals surface area contributed by atoms with Gasteiger partial charge in [0, 0.05) is 52.4 Å². The summed E-state index contributed by atoms with van der Waals surface area (Å²) in [6, 6.07) is 10.7. The first kappa shape index (κ1) is 49.6. The van der Waals surface area contributed by atoms with Crippen LogP contribution in [0.15, 0.2) is 200 Å². The second kappa shape index (κ2) is 31.0. The molecule has 3 aliphatic rings. The van der Waals surface area contributed by atoms with Gasteiger partial charge in [0.2, 0.25) is 0 Å². The molecule has 0 radical (unpaired) electrons. The van der Waals surface area contributed by atoms with Crippen LogP contribution in [0, 0.1) is 25.7 Å². The van der Waals surface area contributed by atoms with E-state index in [1.165, 1.54) is 17.0 Å². The van der Waals surface area contributed by atoms with Gasteiger partial charge in [-0.05, 0) is 113 Å². The molecule has 0 amide bonds. The Kier molecular flexibility index (Phi) is 28.0. The van der Waals surface area contributed by atoms with Gasteiger partial charge in [-0.2, -0.15) is 0 Å². The zero-order valence-electron chi connectivity index (χ0n) is 33.6. The van der Waals surface area contributed by atoms with Gasteiger partial charge in [-0.25, -0.2) is 0 Å². The number of allylic oxidation sites excluding steroid dienone is 15. The SMILES string of the molecule is C#C.C#C.CC.CC=C=C/C(=C\C)N(/C=C/C=C(\C)C1=C=C(PO)C=C(C2=CCC(N(C(/C=C\C)=C/C)c3ccccc3)C=C2)S1)C1=CC=C=CC=C1.CO. The van der Waals surface area contributed by atoms with Crippen LogP contribution in [0.1, 0.15) is 54.9 Å². The molecule has 1 aliphatic heterocycles. The summed E-state index contributed by atoms with van der Waals surface area (Å²) in [5.74, 6) is 0. The molecule has 55 heavy (non-hydrogen) atoms. The Morgan fingerprint density at radius 2 is 1.67 bits per heavy atom. The van der Waals surface area contributed by atoms with E-state index in [-0.39, 0.29) is 14.8 Å². The first-order valence-corrected chi connectivity index (χ1v) is 19.7. The fourth-order valence-electron chi connectivity index (χ4n) is 5.16. The highest BCUT2D eigenvalue weighted by atomic mass is 32.2. The van der Waals surface area contributed by atoms with Crippen molar-refractivity contribution in [1.29, 1.82) is 0 Å². The van der Waals surface area contributed by atoms with Gasteiger partial charge in [-0.15, -0.1) is 37.2 Å². The van der Waals surface area contributed by atoms with Crippen LogP contribution in [0.3, 0.4) is 0 Å². The lowest BCUT2D eigenvalue weighted by atomic mass is 9.99. The molecule has 0 aromatic heterocycles. The molecule has 1 heterocycles. The lowest BCUT2D eigenvalue weighted by molar-refractivity contribution is 0.399. The third-order valence-electron chi connectivity index (χ3n) is 7.49. The zero-order chi connectivity index (χ0) is 41.4. The number of hydrogen-bond donors (Lipinski definition) is 2. The number of anilines is 1. The van der Waals surface area contributed by atoms with Crippen LogP contribution in [-0.4, -0.2) is 28.1 Å². The summed E-state index contributed by atoms with van der Waals surface area (Å²) in [6.45, 7) is 14.2. The van der Waals surface area contributed by atoms with Crippen LogP contribution in [0.25, 0.3) is 0 Å². The Bertz CT molecular complexity index is 1910. The van der Waals surface area contributed by atoms with Gasteiger partial charge in [0.05, 0.1) is 19.8 Å². The maximum atomic E-state index is 10.2. The summed E-state index contributed by atoms with van der Waals surface area (Å²) < 4.78 is 0. The topological polar surface area (TPSA) is 46.9 Å². The number of para-hydroxylation sites is 1. The van der Waals surface area contributed by atoms with Crippen molar-refractivity contribution >= 4 is 26.3 Å². The van der Waals surface area contributed by atoms with Gasteiger partial charge in [0.25, 0.3) is 0 Å².